The molecule has 0 fully saturated rings. The Bertz CT molecular complexity index is 1410. The van der Waals surface area contributed by atoms with Crippen LogP contribution in [0, 0.1) is 10.1 Å². The first kappa shape index (κ1) is 26.3. The number of ether oxygens (including phenoxy) is 1. The first-order chi connectivity index (χ1) is 17.9. The van der Waals surface area contributed by atoms with Crippen molar-refractivity contribution in [2.24, 2.45) is 0 Å². The van der Waals surface area contributed by atoms with Crippen molar-refractivity contribution in [1.82, 2.24) is 20.1 Å². The number of para-hydroxylation sites is 1. The van der Waals surface area contributed by atoms with E-state index in [1.165, 1.54) is 23.9 Å². The number of hydrogen-bond donors (Lipinski definition) is 2. The number of carbonyl (C=O) groups is 1. The molecule has 0 aliphatic heterocycles. The average Bonchev–Trinajstić information content (AvgIpc) is 3.31. The molecule has 2 N–H and O–H groups in total. The van der Waals surface area contributed by atoms with E-state index in [1.54, 1.807) is 42.0 Å². The molecule has 0 aliphatic carbocycles. The van der Waals surface area contributed by atoms with Gasteiger partial charge in [-0.3, -0.25) is 14.7 Å². The third-order valence-electron chi connectivity index (χ3n) is 5.13. The molecule has 1 aromatic heterocycles. The van der Waals surface area contributed by atoms with Crippen LogP contribution < -0.4 is 15.4 Å². The van der Waals surface area contributed by atoms with Crippen LogP contribution in [-0.4, -0.2) is 32.8 Å². The van der Waals surface area contributed by atoms with Crippen LogP contribution in [0.3, 0.4) is 0 Å². The van der Waals surface area contributed by atoms with Gasteiger partial charge in [-0.1, -0.05) is 53.2 Å². The molecule has 0 unspecified atom stereocenters. The fraction of sp³-hybridized carbons (Fsp3) is 0.125. The molecule has 0 radical (unpaired) electrons. The Hall–Kier alpha value is -3.80. The van der Waals surface area contributed by atoms with E-state index in [2.05, 4.69) is 20.8 Å². The number of nitrogens with zero attached hydrogens (tertiary/aromatic N) is 4. The number of carbonyl (C=O) groups excluding carboxylic acids is 1. The van der Waals surface area contributed by atoms with Gasteiger partial charge in [0.2, 0.25) is 0 Å². The minimum Gasteiger partial charge on any atom is -0.497 e. The van der Waals surface area contributed by atoms with Crippen LogP contribution in [0.1, 0.15) is 11.4 Å². The first-order valence-corrected chi connectivity index (χ1v) is 12.5. The maximum atomic E-state index is 12.5. The van der Waals surface area contributed by atoms with Crippen molar-refractivity contribution in [3.8, 4) is 11.4 Å². The molecule has 0 aliphatic rings. The number of thioether (sulfide) groups is 1. The zero-order valence-corrected chi connectivity index (χ0v) is 21.7. The van der Waals surface area contributed by atoms with Gasteiger partial charge in [0, 0.05) is 23.6 Å². The predicted octanol–water partition coefficient (Wildman–Crippen LogP) is 6.10. The standard InChI is InChI=1S/C24H20Cl2N6O4S/c1-36-18-5-2-4-15(12-18)14-37-24-30-29-21(31(24)16-8-10-17(11-9-16)32(34)35)13-27-23(33)28-22-19(25)6-3-7-20(22)26/h2-12H,13-14H2,1H3,(H2,27,28,33). The molecule has 3 aromatic carbocycles. The van der Waals surface area contributed by atoms with Crippen molar-refractivity contribution in [3.05, 3.63) is 98.3 Å². The molecule has 0 saturated carbocycles. The number of halogens is 2. The highest BCUT2D eigenvalue weighted by molar-refractivity contribution is 7.98. The van der Waals surface area contributed by atoms with Crippen molar-refractivity contribution < 1.29 is 14.5 Å². The zero-order valence-electron chi connectivity index (χ0n) is 19.4. The lowest BCUT2D eigenvalue weighted by atomic mass is 10.2. The molecule has 0 bridgehead atoms. The number of nitro benzene ring substituents is 1. The molecular weight excluding hydrogens is 539 g/mol. The summed E-state index contributed by atoms with van der Waals surface area (Å²) in [6.07, 6.45) is 0. The summed E-state index contributed by atoms with van der Waals surface area (Å²) in [5.74, 6) is 1.73. The van der Waals surface area contributed by atoms with Crippen LogP contribution in [0.4, 0.5) is 16.2 Å². The van der Waals surface area contributed by atoms with E-state index in [9.17, 15) is 14.9 Å². The summed E-state index contributed by atoms with van der Waals surface area (Å²) in [6, 6.07) is 18.0. The Morgan fingerprint density at radius 2 is 1.78 bits per heavy atom. The predicted molar refractivity (Wildman–Crippen MR) is 143 cm³/mol. The number of amides is 2. The van der Waals surface area contributed by atoms with E-state index in [1.807, 2.05) is 24.3 Å². The van der Waals surface area contributed by atoms with Crippen LogP contribution >= 0.6 is 35.0 Å². The molecule has 0 spiro atoms. The van der Waals surface area contributed by atoms with E-state index in [4.69, 9.17) is 27.9 Å². The maximum Gasteiger partial charge on any atom is 0.319 e. The minimum absolute atomic E-state index is 0.0115. The fourth-order valence-corrected chi connectivity index (χ4v) is 4.74. The summed E-state index contributed by atoms with van der Waals surface area (Å²) in [7, 11) is 1.60. The Labute approximate surface area is 226 Å². The van der Waals surface area contributed by atoms with E-state index >= 15 is 0 Å². The number of nitro groups is 1. The smallest absolute Gasteiger partial charge is 0.319 e. The third-order valence-corrected chi connectivity index (χ3v) is 6.76. The number of rotatable bonds is 9. The van der Waals surface area contributed by atoms with Crippen molar-refractivity contribution in [3.63, 3.8) is 0 Å². The van der Waals surface area contributed by atoms with Gasteiger partial charge in [-0.15, -0.1) is 10.2 Å². The maximum absolute atomic E-state index is 12.5. The van der Waals surface area contributed by atoms with Crippen LogP contribution in [-0.2, 0) is 12.3 Å². The minimum atomic E-state index is -0.543. The lowest BCUT2D eigenvalue weighted by Gasteiger charge is -2.12. The molecule has 37 heavy (non-hydrogen) atoms. The number of non-ortho nitro benzene ring substituents is 1. The topological polar surface area (TPSA) is 124 Å². The molecule has 10 nitrogen and oxygen atoms in total. The summed E-state index contributed by atoms with van der Waals surface area (Å²) in [4.78, 5) is 23.2. The normalized spacial score (nSPS) is 10.7. The molecule has 1 heterocycles. The molecular formula is C24H20Cl2N6O4S. The molecule has 0 saturated heterocycles. The number of hydrogen-bond acceptors (Lipinski definition) is 7. The molecule has 2 amide bonds. The quantitative estimate of drug-likeness (QED) is 0.144. The average molecular weight is 559 g/mol. The van der Waals surface area contributed by atoms with Gasteiger partial charge in [0.25, 0.3) is 5.69 Å². The van der Waals surface area contributed by atoms with Crippen LogP contribution in [0.25, 0.3) is 5.69 Å². The molecule has 4 rings (SSSR count). The second-order valence-corrected chi connectivity index (χ2v) is 9.31. The van der Waals surface area contributed by atoms with Crippen LogP contribution in [0.2, 0.25) is 10.0 Å². The lowest BCUT2D eigenvalue weighted by molar-refractivity contribution is -0.384. The van der Waals surface area contributed by atoms with Gasteiger partial charge in [0.05, 0.1) is 34.3 Å². The van der Waals surface area contributed by atoms with E-state index in [0.29, 0.717) is 32.5 Å². The highest BCUT2D eigenvalue weighted by atomic mass is 35.5. The van der Waals surface area contributed by atoms with E-state index < -0.39 is 11.0 Å². The van der Waals surface area contributed by atoms with Crippen LogP contribution in [0.5, 0.6) is 5.75 Å². The summed E-state index contributed by atoms with van der Waals surface area (Å²) in [5.41, 5.74) is 1.86. The first-order valence-electron chi connectivity index (χ1n) is 10.8. The number of nitrogens with one attached hydrogen (secondary N) is 2. The summed E-state index contributed by atoms with van der Waals surface area (Å²) < 4.78 is 7.02. The highest BCUT2D eigenvalue weighted by Gasteiger charge is 2.17. The highest BCUT2D eigenvalue weighted by Crippen LogP contribution is 2.30. The number of anilines is 1. The van der Waals surface area contributed by atoms with Gasteiger partial charge in [0.15, 0.2) is 11.0 Å². The fourth-order valence-electron chi connectivity index (χ4n) is 3.34. The lowest BCUT2D eigenvalue weighted by Crippen LogP contribution is -2.29. The second-order valence-electron chi connectivity index (χ2n) is 7.55. The Morgan fingerprint density at radius 3 is 2.46 bits per heavy atom. The molecule has 190 valence electrons. The number of methoxy groups -OCH3 is 1. The van der Waals surface area contributed by atoms with E-state index in [-0.39, 0.29) is 17.9 Å². The number of urea groups is 1. The van der Waals surface area contributed by atoms with Gasteiger partial charge in [-0.25, -0.2) is 4.79 Å². The summed E-state index contributed by atoms with van der Waals surface area (Å²) in [6.45, 7) is 0.0115. The van der Waals surface area contributed by atoms with Gasteiger partial charge in [-0.05, 0) is 42.0 Å². The van der Waals surface area contributed by atoms with Crippen molar-refractivity contribution in [1.29, 1.82) is 0 Å². The van der Waals surface area contributed by atoms with Crippen molar-refractivity contribution in [2.45, 2.75) is 17.5 Å². The molecule has 0 atom stereocenters. The van der Waals surface area contributed by atoms with Crippen LogP contribution in [0.15, 0.2) is 71.9 Å². The summed E-state index contributed by atoms with van der Waals surface area (Å²) in [5, 5.41) is 26.1. The Kier molecular flexibility index (Phi) is 8.49. The van der Waals surface area contributed by atoms with Gasteiger partial charge < -0.3 is 15.4 Å². The third kappa shape index (κ3) is 6.50. The molecule has 4 aromatic rings. The monoisotopic (exact) mass is 558 g/mol. The second kappa shape index (κ2) is 12.0. The van der Waals surface area contributed by atoms with Gasteiger partial charge >= 0.3 is 6.03 Å². The SMILES string of the molecule is COc1cccc(CSc2nnc(CNC(=O)Nc3c(Cl)cccc3Cl)n2-c2ccc([N+](=O)[O-])cc2)c1. The van der Waals surface area contributed by atoms with Crippen molar-refractivity contribution >= 4 is 52.4 Å². The molecule has 13 heteroatoms. The number of aromatic nitrogens is 3. The summed E-state index contributed by atoms with van der Waals surface area (Å²) >= 11 is 13.7. The van der Waals surface area contributed by atoms with E-state index in [0.717, 1.165) is 11.3 Å². The Morgan fingerprint density at radius 1 is 1.08 bits per heavy atom. The Balaban J connectivity index is 1.56. The zero-order chi connectivity index (χ0) is 26.4. The van der Waals surface area contributed by atoms with Gasteiger partial charge in [0.1, 0.15) is 5.75 Å². The van der Waals surface area contributed by atoms with Gasteiger partial charge in [-0.2, -0.15) is 0 Å². The van der Waals surface area contributed by atoms with Crippen molar-refractivity contribution in [2.75, 3.05) is 12.4 Å². The number of benzene rings is 3. The largest absolute Gasteiger partial charge is 0.497 e.